The molecule has 1 unspecified atom stereocenters. The molecule has 2 aromatic carbocycles. The number of halogens is 3. The van der Waals surface area contributed by atoms with Crippen molar-refractivity contribution < 1.29 is 22.4 Å². The molecule has 0 radical (unpaired) electrons. The van der Waals surface area contributed by atoms with Crippen LogP contribution in [0.25, 0.3) is 11.4 Å². The average molecular weight is 377 g/mol. The van der Waals surface area contributed by atoms with E-state index < -0.39 is 6.61 Å². The number of alkyl halides is 2. The summed E-state index contributed by atoms with van der Waals surface area (Å²) >= 11 is 0. The van der Waals surface area contributed by atoms with Crippen LogP contribution in [-0.2, 0) is 6.54 Å². The number of aromatic nitrogens is 2. The van der Waals surface area contributed by atoms with Crippen LogP contribution in [0, 0.1) is 5.82 Å². The van der Waals surface area contributed by atoms with E-state index in [1.807, 2.05) is 11.8 Å². The molecule has 0 aliphatic carbocycles. The van der Waals surface area contributed by atoms with Crippen LogP contribution in [0.15, 0.2) is 53.1 Å². The highest BCUT2D eigenvalue weighted by Crippen LogP contribution is 2.29. The van der Waals surface area contributed by atoms with E-state index in [1.165, 1.54) is 12.1 Å². The smallest absolute Gasteiger partial charge is 0.387 e. The zero-order chi connectivity index (χ0) is 19.4. The maximum absolute atomic E-state index is 14.0. The van der Waals surface area contributed by atoms with Crippen molar-refractivity contribution in [3.8, 4) is 17.1 Å². The summed E-state index contributed by atoms with van der Waals surface area (Å²) in [6.45, 7) is -0.827. The molecular formula is C19H18F3N3O2. The van der Waals surface area contributed by atoms with Crippen LogP contribution < -0.4 is 4.74 Å². The fourth-order valence-corrected chi connectivity index (χ4v) is 2.68. The Balaban J connectivity index is 1.76. The molecule has 1 atom stereocenters. The van der Waals surface area contributed by atoms with Gasteiger partial charge in [0.15, 0.2) is 0 Å². The number of para-hydroxylation sites is 1. The van der Waals surface area contributed by atoms with E-state index in [9.17, 15) is 13.2 Å². The number of benzene rings is 2. The Labute approximate surface area is 154 Å². The molecular weight excluding hydrogens is 359 g/mol. The van der Waals surface area contributed by atoms with E-state index >= 15 is 0 Å². The van der Waals surface area contributed by atoms with Gasteiger partial charge in [0, 0.05) is 11.6 Å². The van der Waals surface area contributed by atoms with Gasteiger partial charge in [-0.1, -0.05) is 35.5 Å². The highest BCUT2D eigenvalue weighted by atomic mass is 19.3. The summed E-state index contributed by atoms with van der Waals surface area (Å²) < 4.78 is 48.8. The number of ether oxygens (including phenoxy) is 1. The lowest BCUT2D eigenvalue weighted by Crippen LogP contribution is -2.22. The van der Waals surface area contributed by atoms with Gasteiger partial charge in [0.2, 0.25) is 11.7 Å². The first-order chi connectivity index (χ1) is 13.0. The largest absolute Gasteiger partial charge is 0.434 e. The quantitative estimate of drug-likeness (QED) is 0.599. The maximum atomic E-state index is 14.0. The minimum Gasteiger partial charge on any atom is -0.434 e. The zero-order valence-electron chi connectivity index (χ0n) is 14.8. The molecule has 0 fully saturated rings. The minimum absolute atomic E-state index is 0.0343. The molecule has 27 heavy (non-hydrogen) atoms. The summed E-state index contributed by atoms with van der Waals surface area (Å²) in [5.74, 6) is 0.102. The molecule has 8 heteroatoms. The molecule has 0 bridgehead atoms. The van der Waals surface area contributed by atoms with Crippen LogP contribution in [0.2, 0.25) is 0 Å². The lowest BCUT2D eigenvalue weighted by atomic mass is 10.1. The second-order valence-electron chi connectivity index (χ2n) is 6.00. The summed E-state index contributed by atoms with van der Waals surface area (Å²) in [7, 11) is 1.80. The van der Waals surface area contributed by atoms with Crippen LogP contribution in [0.3, 0.4) is 0 Å². The van der Waals surface area contributed by atoms with Gasteiger partial charge in [-0.15, -0.1) is 0 Å². The van der Waals surface area contributed by atoms with Crippen molar-refractivity contribution in [2.24, 2.45) is 0 Å². The molecule has 0 amide bonds. The molecule has 0 saturated heterocycles. The standard InChI is InChI=1S/C19H18F3N3O2/c1-12(13-7-3-5-9-15(13)20)25(2)11-17-23-18(24-27-17)14-8-4-6-10-16(14)26-19(21)22/h3-10,12,19H,11H2,1-2H3. The van der Waals surface area contributed by atoms with Crippen LogP contribution in [0.5, 0.6) is 5.75 Å². The molecule has 0 N–H and O–H groups in total. The molecule has 0 aliphatic rings. The predicted octanol–water partition coefficient (Wildman–Crippen LogP) is 4.67. The Hall–Kier alpha value is -2.87. The first-order valence-corrected chi connectivity index (χ1v) is 8.27. The Morgan fingerprint density at radius 1 is 1.11 bits per heavy atom. The normalized spacial score (nSPS) is 12.6. The topological polar surface area (TPSA) is 51.4 Å². The Morgan fingerprint density at radius 2 is 1.81 bits per heavy atom. The molecule has 0 aliphatic heterocycles. The third kappa shape index (κ3) is 4.46. The number of hydrogen-bond acceptors (Lipinski definition) is 5. The number of hydrogen-bond donors (Lipinski definition) is 0. The molecule has 1 aromatic heterocycles. The second kappa shape index (κ2) is 8.22. The number of nitrogens with zero attached hydrogens (tertiary/aromatic N) is 3. The van der Waals surface area contributed by atoms with Crippen LogP contribution in [-0.4, -0.2) is 28.7 Å². The van der Waals surface area contributed by atoms with Crippen molar-refractivity contribution in [3.05, 3.63) is 65.8 Å². The SMILES string of the molecule is CC(c1ccccc1F)N(C)Cc1nc(-c2ccccc2OC(F)F)no1. The van der Waals surface area contributed by atoms with Crippen molar-refractivity contribution in [2.45, 2.75) is 26.1 Å². The zero-order valence-corrected chi connectivity index (χ0v) is 14.8. The summed E-state index contributed by atoms with van der Waals surface area (Å²) in [6, 6.07) is 12.5. The van der Waals surface area contributed by atoms with E-state index in [0.29, 0.717) is 11.1 Å². The lowest BCUT2D eigenvalue weighted by molar-refractivity contribution is -0.0494. The molecule has 0 spiro atoms. The molecule has 142 valence electrons. The maximum Gasteiger partial charge on any atom is 0.387 e. The van der Waals surface area contributed by atoms with Crippen molar-refractivity contribution in [2.75, 3.05) is 7.05 Å². The van der Waals surface area contributed by atoms with Crippen LogP contribution in [0.4, 0.5) is 13.2 Å². The van der Waals surface area contributed by atoms with E-state index in [-0.39, 0.29) is 35.9 Å². The molecule has 1 heterocycles. The van der Waals surface area contributed by atoms with Crippen LogP contribution >= 0.6 is 0 Å². The van der Waals surface area contributed by atoms with Crippen LogP contribution in [0.1, 0.15) is 24.4 Å². The van der Waals surface area contributed by atoms with Crippen molar-refractivity contribution in [1.29, 1.82) is 0 Å². The fraction of sp³-hybridized carbons (Fsp3) is 0.263. The average Bonchev–Trinajstić information content (AvgIpc) is 3.09. The summed E-state index contributed by atoms with van der Waals surface area (Å²) in [6.07, 6.45) is 0. The first-order valence-electron chi connectivity index (χ1n) is 8.27. The highest BCUT2D eigenvalue weighted by Gasteiger charge is 2.20. The second-order valence-corrected chi connectivity index (χ2v) is 6.00. The Morgan fingerprint density at radius 3 is 2.56 bits per heavy atom. The van der Waals surface area contributed by atoms with E-state index in [2.05, 4.69) is 14.9 Å². The van der Waals surface area contributed by atoms with Gasteiger partial charge in [0.1, 0.15) is 11.6 Å². The Kier molecular flexibility index (Phi) is 5.75. The van der Waals surface area contributed by atoms with E-state index in [1.54, 1.807) is 43.4 Å². The highest BCUT2D eigenvalue weighted by molar-refractivity contribution is 5.63. The van der Waals surface area contributed by atoms with Gasteiger partial charge < -0.3 is 9.26 Å². The van der Waals surface area contributed by atoms with Gasteiger partial charge in [0.25, 0.3) is 0 Å². The summed E-state index contributed by atoms with van der Waals surface area (Å²) in [4.78, 5) is 6.09. The summed E-state index contributed by atoms with van der Waals surface area (Å²) in [5.41, 5.74) is 0.855. The minimum atomic E-state index is -2.95. The van der Waals surface area contributed by atoms with Gasteiger partial charge in [-0.2, -0.15) is 13.8 Å². The monoisotopic (exact) mass is 377 g/mol. The molecule has 3 aromatic rings. The summed E-state index contributed by atoms with van der Waals surface area (Å²) in [5, 5.41) is 3.85. The molecule has 5 nitrogen and oxygen atoms in total. The molecule has 0 saturated carbocycles. The van der Waals surface area contributed by atoms with Gasteiger partial charge in [-0.3, -0.25) is 4.90 Å². The fourth-order valence-electron chi connectivity index (χ4n) is 2.68. The van der Waals surface area contributed by atoms with Crippen molar-refractivity contribution in [3.63, 3.8) is 0 Å². The van der Waals surface area contributed by atoms with Gasteiger partial charge in [0.05, 0.1) is 12.1 Å². The van der Waals surface area contributed by atoms with E-state index in [0.717, 1.165) is 0 Å². The molecule has 3 rings (SSSR count). The number of rotatable bonds is 7. The third-order valence-electron chi connectivity index (χ3n) is 4.21. The predicted molar refractivity (Wildman–Crippen MR) is 92.6 cm³/mol. The van der Waals surface area contributed by atoms with Gasteiger partial charge in [-0.05, 0) is 32.2 Å². The van der Waals surface area contributed by atoms with Crippen molar-refractivity contribution in [1.82, 2.24) is 15.0 Å². The Bertz CT molecular complexity index is 901. The van der Waals surface area contributed by atoms with Gasteiger partial charge in [-0.25, -0.2) is 4.39 Å². The third-order valence-corrected chi connectivity index (χ3v) is 4.21. The first kappa shape index (κ1) is 18.9. The lowest BCUT2D eigenvalue weighted by Gasteiger charge is -2.23. The van der Waals surface area contributed by atoms with Crippen molar-refractivity contribution >= 4 is 0 Å². The van der Waals surface area contributed by atoms with E-state index in [4.69, 9.17) is 4.52 Å². The van der Waals surface area contributed by atoms with Gasteiger partial charge >= 0.3 is 6.61 Å².